The molecule has 100 valence electrons. The van der Waals surface area contributed by atoms with Crippen LogP contribution in [-0.4, -0.2) is 45.6 Å². The minimum atomic E-state index is -0.0623. The number of hydrogen-bond acceptors (Lipinski definition) is 4. The van der Waals surface area contributed by atoms with Gasteiger partial charge in [-0.15, -0.1) is 5.10 Å². The normalized spacial score (nSPS) is 20.1. The maximum Gasteiger partial charge on any atom is 0.293 e. The number of amides is 1. The van der Waals surface area contributed by atoms with Gasteiger partial charge in [-0.1, -0.05) is 6.92 Å². The Morgan fingerprint density at radius 1 is 1.61 bits per heavy atom. The van der Waals surface area contributed by atoms with Gasteiger partial charge in [0.15, 0.2) is 0 Å². The van der Waals surface area contributed by atoms with Gasteiger partial charge < -0.3 is 10.6 Å². The van der Waals surface area contributed by atoms with E-state index in [2.05, 4.69) is 15.2 Å². The third-order valence-corrected chi connectivity index (χ3v) is 3.44. The zero-order valence-corrected chi connectivity index (χ0v) is 10.9. The highest BCUT2D eigenvalue weighted by Crippen LogP contribution is 2.20. The zero-order chi connectivity index (χ0) is 13.0. The van der Waals surface area contributed by atoms with Crippen molar-refractivity contribution in [2.45, 2.75) is 32.6 Å². The van der Waals surface area contributed by atoms with E-state index in [1.807, 2.05) is 11.8 Å². The topological polar surface area (TPSA) is 87.9 Å². The molecule has 0 aliphatic carbocycles. The molecule has 18 heavy (non-hydrogen) atoms. The third kappa shape index (κ3) is 2.87. The molecule has 1 fully saturated rings. The fraction of sp³-hybridized carbons (Fsp3) is 0.750. The van der Waals surface area contributed by atoms with Crippen molar-refractivity contribution in [1.82, 2.24) is 20.1 Å². The average molecular weight is 251 g/mol. The fourth-order valence-electron chi connectivity index (χ4n) is 2.41. The number of nitrogens with one attached hydrogen (secondary N) is 1. The van der Waals surface area contributed by atoms with Crippen molar-refractivity contribution in [3.05, 3.63) is 11.6 Å². The first kappa shape index (κ1) is 13.0. The average Bonchev–Trinajstić information content (AvgIpc) is 2.87. The number of carbonyl (C=O) groups excluding carboxylic acids is 1. The first-order valence-electron chi connectivity index (χ1n) is 6.65. The molecule has 6 heteroatoms. The van der Waals surface area contributed by atoms with Crippen LogP contribution < -0.4 is 5.73 Å². The van der Waals surface area contributed by atoms with Gasteiger partial charge in [-0.2, -0.15) is 0 Å². The van der Waals surface area contributed by atoms with Gasteiger partial charge in [0, 0.05) is 19.5 Å². The highest BCUT2D eigenvalue weighted by molar-refractivity contribution is 5.90. The summed E-state index contributed by atoms with van der Waals surface area (Å²) in [6, 6.07) is 0. The predicted octanol–water partition coefficient (Wildman–Crippen LogP) is 0.568. The van der Waals surface area contributed by atoms with E-state index in [4.69, 9.17) is 5.73 Å². The molecule has 1 aliphatic rings. The molecule has 1 aromatic rings. The molecule has 1 amide bonds. The lowest BCUT2D eigenvalue weighted by Crippen LogP contribution is -2.40. The van der Waals surface area contributed by atoms with Crippen molar-refractivity contribution in [3.8, 4) is 0 Å². The number of nitrogens with zero attached hydrogens (tertiary/aromatic N) is 3. The molecule has 3 N–H and O–H groups in total. The van der Waals surface area contributed by atoms with Gasteiger partial charge in [-0.3, -0.25) is 9.89 Å². The monoisotopic (exact) mass is 251 g/mol. The Morgan fingerprint density at radius 2 is 2.44 bits per heavy atom. The lowest BCUT2D eigenvalue weighted by Gasteiger charge is -2.31. The molecule has 0 saturated carbocycles. The minimum Gasteiger partial charge on any atom is -0.336 e. The number of aromatic nitrogens is 3. The summed E-state index contributed by atoms with van der Waals surface area (Å²) in [6.07, 6.45) is 3.95. The second-order valence-electron chi connectivity index (χ2n) is 4.80. The summed E-state index contributed by atoms with van der Waals surface area (Å²) in [6.45, 7) is 4.25. The van der Waals surface area contributed by atoms with Crippen LogP contribution in [0.1, 0.15) is 42.6 Å². The summed E-state index contributed by atoms with van der Waals surface area (Å²) < 4.78 is 0. The molecule has 0 bridgehead atoms. The molecular formula is C12H21N5O. The lowest BCUT2D eigenvalue weighted by molar-refractivity contribution is 0.0657. The van der Waals surface area contributed by atoms with E-state index in [-0.39, 0.29) is 5.91 Å². The molecule has 1 atom stereocenters. The Bertz CT molecular complexity index is 401. The van der Waals surface area contributed by atoms with Gasteiger partial charge in [0.1, 0.15) is 5.82 Å². The number of likely N-dealkylation sites (tertiary alicyclic amines) is 1. The number of piperidine rings is 1. The predicted molar refractivity (Wildman–Crippen MR) is 68.1 cm³/mol. The third-order valence-electron chi connectivity index (χ3n) is 3.44. The standard InChI is InChI=1S/C12H21N5O/c1-2-10-14-11(16-15-10)12(18)17-7-3-4-9(8-17)5-6-13/h9H,2-8,13H2,1H3,(H,14,15,16). The SMILES string of the molecule is CCc1nc(C(=O)N2CCCC(CCN)C2)n[nH]1. The van der Waals surface area contributed by atoms with Crippen LogP contribution in [0.4, 0.5) is 0 Å². The van der Waals surface area contributed by atoms with Gasteiger partial charge in [0.2, 0.25) is 5.82 Å². The summed E-state index contributed by atoms with van der Waals surface area (Å²) >= 11 is 0. The molecule has 0 aromatic carbocycles. The first-order chi connectivity index (χ1) is 8.74. The van der Waals surface area contributed by atoms with E-state index in [1.54, 1.807) is 0 Å². The number of rotatable bonds is 4. The quantitative estimate of drug-likeness (QED) is 0.818. The molecule has 1 aromatic heterocycles. The van der Waals surface area contributed by atoms with Gasteiger partial charge in [-0.25, -0.2) is 4.98 Å². The van der Waals surface area contributed by atoms with Crippen LogP contribution in [0.2, 0.25) is 0 Å². The van der Waals surface area contributed by atoms with Crippen molar-refractivity contribution in [1.29, 1.82) is 0 Å². The Hall–Kier alpha value is -1.43. The van der Waals surface area contributed by atoms with Gasteiger partial charge in [-0.05, 0) is 31.7 Å². The van der Waals surface area contributed by atoms with E-state index in [1.165, 1.54) is 0 Å². The summed E-state index contributed by atoms with van der Waals surface area (Å²) in [5.41, 5.74) is 5.58. The van der Waals surface area contributed by atoms with E-state index in [0.29, 0.717) is 18.3 Å². The number of aromatic amines is 1. The number of nitrogens with two attached hydrogens (primary N) is 1. The van der Waals surface area contributed by atoms with E-state index in [0.717, 1.165) is 44.6 Å². The largest absolute Gasteiger partial charge is 0.336 e. The zero-order valence-electron chi connectivity index (χ0n) is 10.9. The lowest BCUT2D eigenvalue weighted by atomic mass is 9.95. The number of carbonyl (C=O) groups is 1. The van der Waals surface area contributed by atoms with Crippen LogP contribution in [-0.2, 0) is 6.42 Å². The smallest absolute Gasteiger partial charge is 0.293 e. The molecule has 2 heterocycles. The van der Waals surface area contributed by atoms with Gasteiger partial charge >= 0.3 is 0 Å². The molecule has 0 radical (unpaired) electrons. The van der Waals surface area contributed by atoms with Crippen LogP contribution in [0, 0.1) is 5.92 Å². The molecule has 1 aliphatic heterocycles. The van der Waals surface area contributed by atoms with E-state index >= 15 is 0 Å². The van der Waals surface area contributed by atoms with Crippen LogP contribution in [0.15, 0.2) is 0 Å². The Morgan fingerprint density at radius 3 is 3.11 bits per heavy atom. The van der Waals surface area contributed by atoms with Gasteiger partial charge in [0.25, 0.3) is 5.91 Å². The Labute approximate surface area is 107 Å². The highest BCUT2D eigenvalue weighted by atomic mass is 16.2. The van der Waals surface area contributed by atoms with E-state index in [9.17, 15) is 4.79 Å². The molecule has 6 nitrogen and oxygen atoms in total. The van der Waals surface area contributed by atoms with Crippen molar-refractivity contribution in [2.24, 2.45) is 11.7 Å². The number of aryl methyl sites for hydroxylation is 1. The van der Waals surface area contributed by atoms with E-state index < -0.39 is 0 Å². The first-order valence-corrected chi connectivity index (χ1v) is 6.65. The summed E-state index contributed by atoms with van der Waals surface area (Å²) in [5, 5.41) is 6.76. The van der Waals surface area contributed by atoms with Crippen LogP contribution >= 0.6 is 0 Å². The minimum absolute atomic E-state index is 0.0623. The molecule has 1 unspecified atom stereocenters. The second-order valence-corrected chi connectivity index (χ2v) is 4.80. The molecular weight excluding hydrogens is 230 g/mol. The molecule has 1 saturated heterocycles. The van der Waals surface area contributed by atoms with Crippen LogP contribution in [0.5, 0.6) is 0 Å². The Balaban J connectivity index is 1.99. The van der Waals surface area contributed by atoms with Crippen molar-refractivity contribution < 1.29 is 4.79 Å². The summed E-state index contributed by atoms with van der Waals surface area (Å²) in [4.78, 5) is 18.3. The molecule has 2 rings (SSSR count). The van der Waals surface area contributed by atoms with Crippen LogP contribution in [0.25, 0.3) is 0 Å². The highest BCUT2D eigenvalue weighted by Gasteiger charge is 2.26. The second kappa shape index (κ2) is 5.95. The van der Waals surface area contributed by atoms with Crippen molar-refractivity contribution >= 4 is 5.91 Å². The van der Waals surface area contributed by atoms with Crippen LogP contribution in [0.3, 0.4) is 0 Å². The summed E-state index contributed by atoms with van der Waals surface area (Å²) in [5.74, 6) is 1.51. The number of H-pyrrole nitrogens is 1. The maximum absolute atomic E-state index is 12.2. The fourth-order valence-corrected chi connectivity index (χ4v) is 2.41. The van der Waals surface area contributed by atoms with Crippen molar-refractivity contribution in [3.63, 3.8) is 0 Å². The molecule has 0 spiro atoms. The maximum atomic E-state index is 12.2. The number of hydrogen-bond donors (Lipinski definition) is 2. The van der Waals surface area contributed by atoms with Gasteiger partial charge in [0.05, 0.1) is 0 Å². The summed E-state index contributed by atoms with van der Waals surface area (Å²) in [7, 11) is 0. The Kier molecular flexibility index (Phi) is 4.30. The van der Waals surface area contributed by atoms with Crippen molar-refractivity contribution in [2.75, 3.05) is 19.6 Å².